The molecule has 8 heteroatoms. The second-order valence-electron chi connectivity index (χ2n) is 6.23. The van der Waals surface area contributed by atoms with Crippen LogP contribution in [0, 0.1) is 0 Å². The minimum absolute atomic E-state index is 0.268. The predicted octanol–water partition coefficient (Wildman–Crippen LogP) is 2.79. The van der Waals surface area contributed by atoms with Crippen LogP contribution in [0.2, 0.25) is 0 Å². The molecule has 0 aliphatic rings. The number of aromatic nitrogens is 1. The molecule has 0 saturated carbocycles. The van der Waals surface area contributed by atoms with Gasteiger partial charge in [-0.1, -0.05) is 18.2 Å². The molecule has 27 heavy (non-hydrogen) atoms. The smallest absolute Gasteiger partial charge is 0.253 e. The van der Waals surface area contributed by atoms with Crippen LogP contribution in [0.3, 0.4) is 0 Å². The van der Waals surface area contributed by atoms with Crippen LogP contribution in [-0.2, 0) is 10.0 Å². The zero-order valence-corrected chi connectivity index (χ0v) is 16.9. The van der Waals surface area contributed by atoms with Gasteiger partial charge < -0.3 is 10.2 Å². The molecule has 1 aromatic carbocycles. The van der Waals surface area contributed by atoms with Crippen LogP contribution in [-0.4, -0.2) is 38.7 Å². The van der Waals surface area contributed by atoms with Gasteiger partial charge >= 0.3 is 0 Å². The molecule has 1 heterocycles. The first-order valence-corrected chi connectivity index (χ1v) is 10.7. The Hall–Kier alpha value is -2.61. The van der Waals surface area contributed by atoms with Crippen molar-refractivity contribution in [2.45, 2.75) is 26.8 Å². The highest BCUT2D eigenvalue weighted by Gasteiger charge is 2.16. The summed E-state index contributed by atoms with van der Waals surface area (Å²) in [4.78, 5) is 19.0. The van der Waals surface area contributed by atoms with Gasteiger partial charge in [0, 0.05) is 19.3 Å². The third-order valence-corrected chi connectivity index (χ3v) is 4.76. The molecule has 0 bridgehead atoms. The summed E-state index contributed by atoms with van der Waals surface area (Å²) in [5.74, 6) is 0.558. The number of pyridine rings is 1. The van der Waals surface area contributed by atoms with Crippen LogP contribution in [0.1, 0.15) is 42.7 Å². The Labute approximate surface area is 160 Å². The fourth-order valence-electron chi connectivity index (χ4n) is 2.78. The maximum atomic E-state index is 12.5. The summed E-state index contributed by atoms with van der Waals surface area (Å²) in [6, 6.07) is 10.2. The number of sulfonamides is 1. The Kier molecular flexibility index (Phi) is 6.79. The fourth-order valence-corrected chi connectivity index (χ4v) is 3.37. The van der Waals surface area contributed by atoms with Crippen LogP contribution in [0.4, 0.5) is 11.5 Å². The molecular formula is C19H26N4O3S. The van der Waals surface area contributed by atoms with Crippen molar-refractivity contribution in [2.75, 3.05) is 29.0 Å². The number of para-hydroxylation sites is 1. The molecule has 1 aromatic heterocycles. The summed E-state index contributed by atoms with van der Waals surface area (Å²) < 4.78 is 25.6. The maximum absolute atomic E-state index is 12.5. The van der Waals surface area contributed by atoms with E-state index in [0.29, 0.717) is 16.8 Å². The highest BCUT2D eigenvalue weighted by Crippen LogP contribution is 2.23. The van der Waals surface area contributed by atoms with E-state index in [-0.39, 0.29) is 11.9 Å². The molecule has 1 amide bonds. The van der Waals surface area contributed by atoms with E-state index in [1.165, 1.54) is 0 Å². The molecule has 2 rings (SSSR count). The maximum Gasteiger partial charge on any atom is 0.253 e. The van der Waals surface area contributed by atoms with Crippen LogP contribution < -0.4 is 14.9 Å². The number of rotatable bonds is 8. The highest BCUT2D eigenvalue weighted by atomic mass is 32.2. The minimum atomic E-state index is -3.41. The normalized spacial score (nSPS) is 12.3. The molecule has 146 valence electrons. The average molecular weight is 391 g/mol. The van der Waals surface area contributed by atoms with E-state index >= 15 is 0 Å². The van der Waals surface area contributed by atoms with Crippen molar-refractivity contribution in [3.05, 3.63) is 53.7 Å². The molecule has 0 aliphatic carbocycles. The van der Waals surface area contributed by atoms with Crippen molar-refractivity contribution in [2.24, 2.45) is 0 Å². The lowest BCUT2D eigenvalue weighted by atomic mass is 10.1. The van der Waals surface area contributed by atoms with Crippen molar-refractivity contribution in [3.8, 4) is 0 Å². The van der Waals surface area contributed by atoms with E-state index in [0.717, 1.165) is 25.2 Å². The van der Waals surface area contributed by atoms with Gasteiger partial charge in [0.1, 0.15) is 5.82 Å². The van der Waals surface area contributed by atoms with Gasteiger partial charge in [0.15, 0.2) is 0 Å². The minimum Gasteiger partial charge on any atom is -0.357 e. The number of hydrogen-bond donors (Lipinski definition) is 2. The summed E-state index contributed by atoms with van der Waals surface area (Å²) in [7, 11) is -3.41. The van der Waals surface area contributed by atoms with E-state index in [1.54, 1.807) is 43.5 Å². The molecule has 1 atom stereocenters. The third-order valence-electron chi connectivity index (χ3n) is 4.17. The number of amides is 1. The quantitative estimate of drug-likeness (QED) is 0.723. The van der Waals surface area contributed by atoms with Crippen molar-refractivity contribution < 1.29 is 13.2 Å². The average Bonchev–Trinajstić information content (AvgIpc) is 2.62. The summed E-state index contributed by atoms with van der Waals surface area (Å²) in [6.45, 7) is 7.59. The van der Waals surface area contributed by atoms with Gasteiger partial charge in [0.05, 0.1) is 23.5 Å². The standard InChI is InChI=1S/C19H26N4O3S/c1-5-23(6-2)18-12-11-15(13-20-18)19(24)21-14(3)16-9-7-8-10-17(16)22-27(4,25)26/h7-14,22H,5-6H2,1-4H3,(H,21,24). The molecule has 0 fully saturated rings. The van der Waals surface area contributed by atoms with Gasteiger partial charge in [-0.25, -0.2) is 13.4 Å². The van der Waals surface area contributed by atoms with E-state index in [1.807, 2.05) is 6.07 Å². The Morgan fingerprint density at radius 1 is 1.15 bits per heavy atom. The largest absolute Gasteiger partial charge is 0.357 e. The second-order valence-corrected chi connectivity index (χ2v) is 7.98. The molecule has 0 radical (unpaired) electrons. The molecular weight excluding hydrogens is 364 g/mol. The third kappa shape index (κ3) is 5.68. The van der Waals surface area contributed by atoms with Crippen molar-refractivity contribution in [1.82, 2.24) is 10.3 Å². The fraction of sp³-hybridized carbons (Fsp3) is 0.368. The molecule has 0 spiro atoms. The van der Waals surface area contributed by atoms with Gasteiger partial charge in [-0.3, -0.25) is 9.52 Å². The SMILES string of the molecule is CCN(CC)c1ccc(C(=O)NC(C)c2ccccc2NS(C)(=O)=O)cn1. The Bertz CT molecular complexity index is 878. The number of carbonyl (C=O) groups excluding carboxylic acids is 1. The van der Waals surface area contributed by atoms with Gasteiger partial charge in [-0.2, -0.15) is 0 Å². The van der Waals surface area contributed by atoms with Crippen LogP contribution in [0.25, 0.3) is 0 Å². The van der Waals surface area contributed by atoms with Crippen molar-refractivity contribution in [3.63, 3.8) is 0 Å². The molecule has 1 unspecified atom stereocenters. The molecule has 7 nitrogen and oxygen atoms in total. The first-order valence-electron chi connectivity index (χ1n) is 8.83. The van der Waals surface area contributed by atoms with Gasteiger partial charge in [0.25, 0.3) is 5.91 Å². The molecule has 2 aromatic rings. The lowest BCUT2D eigenvalue weighted by Gasteiger charge is -2.20. The van der Waals surface area contributed by atoms with Crippen molar-refractivity contribution >= 4 is 27.4 Å². The Balaban J connectivity index is 2.14. The number of nitrogens with zero attached hydrogens (tertiary/aromatic N) is 2. The lowest BCUT2D eigenvalue weighted by Crippen LogP contribution is -2.28. The zero-order valence-electron chi connectivity index (χ0n) is 16.1. The monoisotopic (exact) mass is 390 g/mol. The van der Waals surface area contributed by atoms with E-state index < -0.39 is 10.0 Å². The van der Waals surface area contributed by atoms with E-state index in [9.17, 15) is 13.2 Å². The number of benzene rings is 1. The topological polar surface area (TPSA) is 91.4 Å². The van der Waals surface area contributed by atoms with Gasteiger partial charge in [0.2, 0.25) is 10.0 Å². The summed E-state index contributed by atoms with van der Waals surface area (Å²) in [6.07, 6.45) is 2.65. The summed E-state index contributed by atoms with van der Waals surface area (Å²) in [5.41, 5.74) is 1.58. The highest BCUT2D eigenvalue weighted by molar-refractivity contribution is 7.92. The van der Waals surface area contributed by atoms with Crippen LogP contribution in [0.15, 0.2) is 42.6 Å². The molecule has 0 aliphatic heterocycles. The van der Waals surface area contributed by atoms with Gasteiger partial charge in [-0.15, -0.1) is 0 Å². The second kappa shape index (κ2) is 8.85. The zero-order chi connectivity index (χ0) is 20.0. The van der Waals surface area contributed by atoms with Gasteiger partial charge in [-0.05, 0) is 44.5 Å². The number of anilines is 2. The number of hydrogen-bond acceptors (Lipinski definition) is 5. The predicted molar refractivity (Wildman–Crippen MR) is 109 cm³/mol. The van der Waals surface area contributed by atoms with E-state index in [2.05, 4.69) is 33.8 Å². The van der Waals surface area contributed by atoms with Crippen molar-refractivity contribution in [1.29, 1.82) is 0 Å². The lowest BCUT2D eigenvalue weighted by molar-refractivity contribution is 0.0939. The first-order chi connectivity index (χ1) is 12.7. The Morgan fingerprint density at radius 2 is 1.81 bits per heavy atom. The molecule has 2 N–H and O–H groups in total. The number of nitrogens with one attached hydrogen (secondary N) is 2. The summed E-state index contributed by atoms with van der Waals surface area (Å²) >= 11 is 0. The van der Waals surface area contributed by atoms with Crippen LogP contribution in [0.5, 0.6) is 0 Å². The molecule has 0 saturated heterocycles. The van der Waals surface area contributed by atoms with E-state index in [4.69, 9.17) is 0 Å². The Morgan fingerprint density at radius 3 is 2.37 bits per heavy atom. The number of carbonyl (C=O) groups is 1. The summed E-state index contributed by atoms with van der Waals surface area (Å²) in [5, 5.41) is 2.89. The van der Waals surface area contributed by atoms with Crippen LogP contribution >= 0.6 is 0 Å². The first kappa shape index (κ1) is 20.7.